The predicted molar refractivity (Wildman–Crippen MR) is 160 cm³/mol. The molecule has 2 aliphatic rings. The third-order valence-electron chi connectivity index (χ3n) is 7.98. The number of benzene rings is 1. The van der Waals surface area contributed by atoms with E-state index in [9.17, 15) is 29.1 Å². The maximum Gasteiger partial charge on any atom is 0.409 e. The van der Waals surface area contributed by atoms with Crippen LogP contribution < -0.4 is 15.2 Å². The number of aliphatic carboxylic acids is 1. The molecule has 3 N–H and O–H groups in total. The number of aromatic nitrogens is 1. The second kappa shape index (κ2) is 14.2. The van der Waals surface area contributed by atoms with Gasteiger partial charge in [-0.1, -0.05) is 11.6 Å². The van der Waals surface area contributed by atoms with Gasteiger partial charge in [0, 0.05) is 38.0 Å². The smallest absolute Gasteiger partial charge is 0.409 e. The number of halogens is 1. The van der Waals surface area contributed by atoms with Gasteiger partial charge in [0.1, 0.15) is 17.1 Å². The minimum Gasteiger partial charge on any atom is -0.495 e. The molecule has 0 radical (unpaired) electrons. The van der Waals surface area contributed by atoms with Gasteiger partial charge in [-0.15, -0.1) is 0 Å². The fourth-order valence-electron chi connectivity index (χ4n) is 5.50. The van der Waals surface area contributed by atoms with E-state index in [-0.39, 0.29) is 84.5 Å². The number of esters is 1. The number of nitrogens with zero attached hydrogens (tertiary/aromatic N) is 3. The quantitative estimate of drug-likeness (QED) is 0.322. The monoisotopic (exact) mass is 648 g/mol. The lowest BCUT2D eigenvalue weighted by molar-refractivity contribution is -0.169. The van der Waals surface area contributed by atoms with Crippen LogP contribution in [-0.2, 0) is 23.9 Å². The predicted octanol–water partition coefficient (Wildman–Crippen LogP) is 3.11. The molecule has 1 aliphatic carbocycles. The summed E-state index contributed by atoms with van der Waals surface area (Å²) in [6.45, 7) is 4.32. The van der Waals surface area contributed by atoms with Crippen LogP contribution in [-0.4, -0.2) is 102 Å². The van der Waals surface area contributed by atoms with E-state index in [0.29, 0.717) is 19.3 Å². The van der Waals surface area contributed by atoms with Crippen molar-refractivity contribution in [1.29, 1.82) is 0 Å². The van der Waals surface area contributed by atoms with Gasteiger partial charge in [0.15, 0.2) is 0 Å². The first kappa shape index (κ1) is 33.6. The van der Waals surface area contributed by atoms with E-state index in [4.69, 9.17) is 36.3 Å². The molecule has 1 aliphatic heterocycles. The fraction of sp³-hybridized carbons (Fsp3) is 0.533. The van der Waals surface area contributed by atoms with Crippen LogP contribution in [0.5, 0.6) is 11.5 Å². The average Bonchev–Trinajstić information content (AvgIpc) is 2.98. The molecule has 4 rings (SSSR count). The number of ether oxygens (including phenoxy) is 4. The number of piperazine rings is 1. The Morgan fingerprint density at radius 1 is 1.04 bits per heavy atom. The van der Waals surface area contributed by atoms with Crippen LogP contribution in [0.15, 0.2) is 12.1 Å². The van der Waals surface area contributed by atoms with E-state index in [0.717, 1.165) is 0 Å². The summed E-state index contributed by atoms with van der Waals surface area (Å²) in [7, 11) is 1.40. The minimum absolute atomic E-state index is 0.105. The zero-order chi connectivity index (χ0) is 32.9. The number of hydrogen-bond donors (Lipinski definition) is 2. The number of pyridine rings is 1. The van der Waals surface area contributed by atoms with Crippen molar-refractivity contribution in [3.63, 3.8) is 0 Å². The second-order valence-corrected chi connectivity index (χ2v) is 11.1. The average molecular weight is 649 g/mol. The molecule has 0 spiro atoms. The van der Waals surface area contributed by atoms with Gasteiger partial charge in [-0.25, -0.2) is 9.59 Å². The molecule has 1 saturated heterocycles. The van der Waals surface area contributed by atoms with Gasteiger partial charge in [-0.3, -0.25) is 19.4 Å². The lowest BCUT2D eigenvalue weighted by Gasteiger charge is -2.40. The molecular formula is C30H37ClN4O10. The zero-order valence-corrected chi connectivity index (χ0v) is 26.2. The molecule has 1 aromatic heterocycles. The van der Waals surface area contributed by atoms with Crippen LogP contribution in [0, 0.1) is 0 Å². The summed E-state index contributed by atoms with van der Waals surface area (Å²) in [5.41, 5.74) is 4.35. The number of carbonyl (C=O) groups excluding carboxylic acids is 4. The molecule has 1 saturated carbocycles. The van der Waals surface area contributed by atoms with Crippen molar-refractivity contribution in [2.24, 2.45) is 5.73 Å². The molecule has 2 aromatic rings. The molecule has 1 atom stereocenters. The number of fused-ring (bicyclic) bond motifs is 1. The summed E-state index contributed by atoms with van der Waals surface area (Å²) < 4.78 is 22.1. The van der Waals surface area contributed by atoms with E-state index >= 15 is 0 Å². The number of amides is 3. The van der Waals surface area contributed by atoms with E-state index < -0.39 is 47.8 Å². The molecule has 3 amide bonds. The van der Waals surface area contributed by atoms with Gasteiger partial charge >= 0.3 is 18.0 Å². The maximum atomic E-state index is 14.1. The number of carboxylic acid groups (broad SMARTS) is 1. The Morgan fingerprint density at radius 3 is 2.22 bits per heavy atom. The molecule has 45 heavy (non-hydrogen) atoms. The molecule has 2 fully saturated rings. The fourth-order valence-corrected chi connectivity index (χ4v) is 5.73. The first-order chi connectivity index (χ1) is 21.5. The largest absolute Gasteiger partial charge is 0.495 e. The molecule has 15 heteroatoms. The Hall–Kier alpha value is -4.33. The van der Waals surface area contributed by atoms with E-state index in [2.05, 4.69) is 4.98 Å². The first-order valence-electron chi connectivity index (χ1n) is 14.8. The Balaban J connectivity index is 1.87. The highest BCUT2D eigenvalue weighted by molar-refractivity contribution is 6.33. The minimum atomic E-state index is -1.41. The van der Waals surface area contributed by atoms with Crippen molar-refractivity contribution in [3.05, 3.63) is 28.4 Å². The van der Waals surface area contributed by atoms with Gasteiger partial charge in [0.25, 0.3) is 5.91 Å². The zero-order valence-electron chi connectivity index (χ0n) is 25.4. The number of rotatable bonds is 12. The summed E-state index contributed by atoms with van der Waals surface area (Å²) in [6.07, 6.45) is 0.119. The van der Waals surface area contributed by atoms with Gasteiger partial charge < -0.3 is 39.6 Å². The van der Waals surface area contributed by atoms with Crippen LogP contribution in [0.4, 0.5) is 4.79 Å². The Bertz CT molecular complexity index is 1490. The first-order valence-corrected chi connectivity index (χ1v) is 15.1. The van der Waals surface area contributed by atoms with Gasteiger partial charge in [-0.05, 0) is 51.7 Å². The topological polar surface area (TPSA) is 188 Å². The van der Waals surface area contributed by atoms with Crippen molar-refractivity contribution < 1.29 is 48.0 Å². The number of primary amides is 1. The molecular weight excluding hydrogens is 612 g/mol. The highest BCUT2D eigenvalue weighted by Gasteiger charge is 2.49. The van der Waals surface area contributed by atoms with E-state index in [1.807, 2.05) is 0 Å². The van der Waals surface area contributed by atoms with Crippen molar-refractivity contribution >= 4 is 52.4 Å². The molecule has 0 bridgehead atoms. The van der Waals surface area contributed by atoms with Crippen LogP contribution in [0.2, 0.25) is 5.02 Å². The van der Waals surface area contributed by atoms with Crippen LogP contribution >= 0.6 is 11.6 Å². The van der Waals surface area contributed by atoms with Gasteiger partial charge in [0.2, 0.25) is 11.5 Å². The number of nitrogens with two attached hydrogens (primary N) is 1. The lowest BCUT2D eigenvalue weighted by Crippen LogP contribution is -2.52. The molecule has 244 valence electrons. The molecule has 2 heterocycles. The molecule has 1 unspecified atom stereocenters. The Labute approximate surface area is 264 Å². The highest BCUT2D eigenvalue weighted by Crippen LogP contribution is 2.45. The number of hydrogen-bond acceptors (Lipinski definition) is 10. The van der Waals surface area contributed by atoms with Crippen LogP contribution in [0.3, 0.4) is 0 Å². The second-order valence-electron chi connectivity index (χ2n) is 10.7. The van der Waals surface area contributed by atoms with E-state index in [1.165, 1.54) is 29.0 Å². The molecule has 1 aromatic carbocycles. The third-order valence-corrected chi connectivity index (χ3v) is 8.28. The number of carbonyl (C=O) groups is 5. The van der Waals surface area contributed by atoms with Crippen LogP contribution in [0.1, 0.15) is 67.9 Å². The summed E-state index contributed by atoms with van der Waals surface area (Å²) in [6, 6.07) is 2.96. The summed E-state index contributed by atoms with van der Waals surface area (Å²) in [4.78, 5) is 71.9. The van der Waals surface area contributed by atoms with Gasteiger partial charge in [-0.2, -0.15) is 0 Å². The Kier molecular flexibility index (Phi) is 10.6. The third kappa shape index (κ3) is 7.00. The molecule has 14 nitrogen and oxygen atoms in total. The van der Waals surface area contributed by atoms with Crippen molar-refractivity contribution in [1.82, 2.24) is 14.8 Å². The maximum absolute atomic E-state index is 14.1. The standard InChI is InChI=1S/C30H37ClN4O10/c1-4-43-28(40)30(9-6-10-30)45-25-18-15-21(42-3)19(31)16-20(18)33-24(23(25)26(32)38)17(7-8-22(36)37)27(39)34-11-13-35(14-12-34)29(41)44-5-2/h15-17H,4-14H2,1-3H3,(H2,32,38)(H,36,37). The normalized spacial score (nSPS) is 16.4. The summed E-state index contributed by atoms with van der Waals surface area (Å²) in [5, 5.41) is 9.97. The van der Waals surface area contributed by atoms with E-state index in [1.54, 1.807) is 13.8 Å². The SMILES string of the molecule is CCOC(=O)N1CCN(C(=O)C(CCC(=O)O)c2nc3cc(Cl)c(OC)cc3c(OC3(C(=O)OCC)CCC3)c2C(N)=O)CC1. The number of methoxy groups -OCH3 is 1. The highest BCUT2D eigenvalue weighted by atomic mass is 35.5. The number of carboxylic acids is 1. The van der Waals surface area contributed by atoms with Crippen molar-refractivity contribution in [2.45, 2.75) is 57.5 Å². The van der Waals surface area contributed by atoms with Crippen molar-refractivity contribution in [2.75, 3.05) is 46.5 Å². The van der Waals surface area contributed by atoms with Crippen molar-refractivity contribution in [3.8, 4) is 11.5 Å². The van der Waals surface area contributed by atoms with Gasteiger partial charge in [0.05, 0.1) is 42.5 Å². The lowest BCUT2D eigenvalue weighted by atomic mass is 9.79. The Morgan fingerprint density at radius 2 is 1.69 bits per heavy atom. The van der Waals surface area contributed by atoms with Crippen LogP contribution in [0.25, 0.3) is 10.9 Å². The summed E-state index contributed by atoms with van der Waals surface area (Å²) >= 11 is 6.43. The summed E-state index contributed by atoms with van der Waals surface area (Å²) in [5.74, 6) is -4.41.